The molecule has 3 rings (SSSR count). The zero-order chi connectivity index (χ0) is 15.4. The molecule has 1 N–H and O–H groups in total. The standard InChI is InChI=1S/C19H27NO2/c21-14-15-6-3-4-11-20(13-15)19(22)12-17-9-5-8-16-7-1-2-10-18(16)17/h1-2,7,10,15,17,21H,3-6,8-9,11-14H2/t15-,17+/m1/s1. The van der Waals surface area contributed by atoms with E-state index in [0.29, 0.717) is 12.3 Å². The molecule has 1 heterocycles. The second-order valence-corrected chi connectivity index (χ2v) is 6.88. The summed E-state index contributed by atoms with van der Waals surface area (Å²) in [7, 11) is 0. The van der Waals surface area contributed by atoms with Crippen molar-refractivity contribution in [3.05, 3.63) is 35.4 Å². The van der Waals surface area contributed by atoms with Crippen molar-refractivity contribution in [1.29, 1.82) is 0 Å². The Bertz CT molecular complexity index is 514. The molecular weight excluding hydrogens is 274 g/mol. The zero-order valence-corrected chi connectivity index (χ0v) is 13.3. The Labute approximate surface area is 133 Å². The Kier molecular flexibility index (Phi) is 5.14. The summed E-state index contributed by atoms with van der Waals surface area (Å²) in [6.45, 7) is 1.81. The molecule has 1 saturated heterocycles. The molecule has 0 aromatic heterocycles. The largest absolute Gasteiger partial charge is 0.396 e. The summed E-state index contributed by atoms with van der Waals surface area (Å²) in [6.07, 6.45) is 7.35. The lowest BCUT2D eigenvalue weighted by atomic mass is 9.81. The number of aryl methyl sites for hydroxylation is 1. The van der Waals surface area contributed by atoms with Crippen LogP contribution in [0.3, 0.4) is 0 Å². The van der Waals surface area contributed by atoms with Gasteiger partial charge in [0.15, 0.2) is 0 Å². The highest BCUT2D eigenvalue weighted by Crippen LogP contribution is 2.34. The predicted molar refractivity (Wildman–Crippen MR) is 87.7 cm³/mol. The van der Waals surface area contributed by atoms with Gasteiger partial charge < -0.3 is 10.0 Å². The molecule has 0 saturated carbocycles. The maximum Gasteiger partial charge on any atom is 0.223 e. The number of hydrogen-bond donors (Lipinski definition) is 1. The van der Waals surface area contributed by atoms with E-state index in [1.165, 1.54) is 17.5 Å². The zero-order valence-electron chi connectivity index (χ0n) is 13.3. The molecule has 1 fully saturated rings. The van der Waals surface area contributed by atoms with Crippen LogP contribution in [0.2, 0.25) is 0 Å². The monoisotopic (exact) mass is 301 g/mol. The van der Waals surface area contributed by atoms with Crippen molar-refractivity contribution in [2.45, 2.75) is 50.9 Å². The van der Waals surface area contributed by atoms with Gasteiger partial charge in [0.2, 0.25) is 5.91 Å². The van der Waals surface area contributed by atoms with Crippen molar-refractivity contribution in [3.63, 3.8) is 0 Å². The smallest absolute Gasteiger partial charge is 0.223 e. The minimum absolute atomic E-state index is 0.204. The first-order valence-corrected chi connectivity index (χ1v) is 8.74. The fraction of sp³-hybridized carbons (Fsp3) is 0.632. The van der Waals surface area contributed by atoms with Crippen molar-refractivity contribution in [2.24, 2.45) is 5.92 Å². The Morgan fingerprint density at radius 2 is 2.05 bits per heavy atom. The average Bonchev–Trinajstić information content (AvgIpc) is 2.81. The van der Waals surface area contributed by atoms with Crippen LogP contribution in [0.1, 0.15) is 55.6 Å². The van der Waals surface area contributed by atoms with Gasteiger partial charge in [-0.25, -0.2) is 0 Å². The highest BCUT2D eigenvalue weighted by Gasteiger charge is 2.26. The third-order valence-electron chi connectivity index (χ3n) is 5.29. The van der Waals surface area contributed by atoms with Gasteiger partial charge in [-0.3, -0.25) is 4.79 Å². The second kappa shape index (κ2) is 7.28. The SMILES string of the molecule is O=C(C[C@@H]1CCCc2ccccc21)N1CCCC[C@@H](CO)C1. The van der Waals surface area contributed by atoms with E-state index in [9.17, 15) is 9.90 Å². The Hall–Kier alpha value is -1.35. The van der Waals surface area contributed by atoms with E-state index < -0.39 is 0 Å². The summed E-state index contributed by atoms with van der Waals surface area (Å²) in [5, 5.41) is 9.43. The molecule has 0 radical (unpaired) electrons. The van der Waals surface area contributed by atoms with E-state index in [4.69, 9.17) is 0 Å². The highest BCUT2D eigenvalue weighted by molar-refractivity contribution is 5.77. The summed E-state index contributed by atoms with van der Waals surface area (Å²) in [6, 6.07) is 8.60. The lowest BCUT2D eigenvalue weighted by Gasteiger charge is -2.29. The molecular formula is C19H27NO2. The van der Waals surface area contributed by atoms with Gasteiger partial charge in [0.05, 0.1) is 0 Å². The fourth-order valence-electron chi connectivity index (χ4n) is 4.01. The van der Waals surface area contributed by atoms with E-state index >= 15 is 0 Å². The van der Waals surface area contributed by atoms with Gasteiger partial charge in [-0.05, 0) is 55.1 Å². The fourth-order valence-corrected chi connectivity index (χ4v) is 4.01. The first kappa shape index (κ1) is 15.5. The third kappa shape index (κ3) is 3.52. The summed E-state index contributed by atoms with van der Waals surface area (Å²) in [5.41, 5.74) is 2.81. The molecule has 2 atom stereocenters. The van der Waals surface area contributed by atoms with Gasteiger partial charge in [-0.2, -0.15) is 0 Å². The van der Waals surface area contributed by atoms with E-state index in [2.05, 4.69) is 24.3 Å². The van der Waals surface area contributed by atoms with E-state index in [1.807, 2.05) is 4.90 Å². The second-order valence-electron chi connectivity index (χ2n) is 6.88. The molecule has 1 aromatic carbocycles. The number of rotatable bonds is 3. The lowest BCUT2D eigenvalue weighted by molar-refractivity contribution is -0.132. The number of aliphatic hydroxyl groups excluding tert-OH is 1. The first-order chi connectivity index (χ1) is 10.8. The van der Waals surface area contributed by atoms with Crippen molar-refractivity contribution in [3.8, 4) is 0 Å². The van der Waals surface area contributed by atoms with E-state index in [1.54, 1.807) is 0 Å². The topological polar surface area (TPSA) is 40.5 Å². The van der Waals surface area contributed by atoms with Crippen molar-refractivity contribution < 1.29 is 9.90 Å². The number of fused-ring (bicyclic) bond motifs is 1. The first-order valence-electron chi connectivity index (χ1n) is 8.74. The lowest BCUT2D eigenvalue weighted by Crippen LogP contribution is -2.36. The number of benzene rings is 1. The van der Waals surface area contributed by atoms with E-state index in [-0.39, 0.29) is 18.4 Å². The van der Waals surface area contributed by atoms with Crippen LogP contribution in [-0.2, 0) is 11.2 Å². The number of carbonyl (C=O) groups is 1. The number of carbonyl (C=O) groups excluding carboxylic acids is 1. The normalized spacial score (nSPS) is 25.4. The summed E-state index contributed by atoms with van der Waals surface area (Å²) in [5.74, 6) is 0.931. The number of likely N-dealkylation sites (tertiary alicyclic amines) is 1. The van der Waals surface area contributed by atoms with Crippen LogP contribution in [0.4, 0.5) is 0 Å². The quantitative estimate of drug-likeness (QED) is 0.932. The molecule has 0 unspecified atom stereocenters. The Morgan fingerprint density at radius 3 is 2.91 bits per heavy atom. The number of aliphatic hydroxyl groups is 1. The summed E-state index contributed by atoms with van der Waals surface area (Å²) < 4.78 is 0. The van der Waals surface area contributed by atoms with Gasteiger partial charge in [-0.15, -0.1) is 0 Å². The summed E-state index contributed by atoms with van der Waals surface area (Å²) in [4.78, 5) is 14.7. The van der Waals surface area contributed by atoms with Crippen LogP contribution >= 0.6 is 0 Å². The van der Waals surface area contributed by atoms with Crippen LogP contribution in [0.5, 0.6) is 0 Å². The number of amides is 1. The minimum atomic E-state index is 0.204. The maximum atomic E-state index is 12.7. The average molecular weight is 301 g/mol. The van der Waals surface area contributed by atoms with Crippen molar-refractivity contribution in [2.75, 3.05) is 19.7 Å². The highest BCUT2D eigenvalue weighted by atomic mass is 16.3. The molecule has 1 aromatic rings. The van der Waals surface area contributed by atoms with Crippen LogP contribution in [0, 0.1) is 5.92 Å². The molecule has 22 heavy (non-hydrogen) atoms. The Morgan fingerprint density at radius 1 is 1.18 bits per heavy atom. The molecule has 3 nitrogen and oxygen atoms in total. The maximum absolute atomic E-state index is 12.7. The van der Waals surface area contributed by atoms with Crippen LogP contribution in [0.15, 0.2) is 24.3 Å². The van der Waals surface area contributed by atoms with Crippen molar-refractivity contribution >= 4 is 5.91 Å². The molecule has 0 bridgehead atoms. The molecule has 120 valence electrons. The minimum Gasteiger partial charge on any atom is -0.396 e. The number of hydrogen-bond acceptors (Lipinski definition) is 2. The number of nitrogens with zero attached hydrogens (tertiary/aromatic N) is 1. The molecule has 0 spiro atoms. The molecule has 3 heteroatoms. The molecule has 1 aliphatic heterocycles. The van der Waals surface area contributed by atoms with Gasteiger partial charge >= 0.3 is 0 Å². The van der Waals surface area contributed by atoms with E-state index in [0.717, 1.165) is 45.2 Å². The Balaban J connectivity index is 1.67. The molecule has 1 amide bonds. The van der Waals surface area contributed by atoms with Gasteiger partial charge in [-0.1, -0.05) is 30.7 Å². The van der Waals surface area contributed by atoms with Gasteiger partial charge in [0.1, 0.15) is 0 Å². The third-order valence-corrected chi connectivity index (χ3v) is 5.29. The van der Waals surface area contributed by atoms with Crippen LogP contribution in [-0.4, -0.2) is 35.6 Å². The predicted octanol–water partition coefficient (Wildman–Crippen LogP) is 3.12. The summed E-state index contributed by atoms with van der Waals surface area (Å²) >= 11 is 0. The van der Waals surface area contributed by atoms with Crippen LogP contribution in [0.25, 0.3) is 0 Å². The van der Waals surface area contributed by atoms with Gasteiger partial charge in [0, 0.05) is 26.1 Å². The van der Waals surface area contributed by atoms with Crippen molar-refractivity contribution in [1.82, 2.24) is 4.90 Å². The van der Waals surface area contributed by atoms with Gasteiger partial charge in [0.25, 0.3) is 0 Å². The van der Waals surface area contributed by atoms with Crippen LogP contribution < -0.4 is 0 Å². The molecule has 1 aliphatic carbocycles. The molecule has 2 aliphatic rings.